The molecule has 0 radical (unpaired) electrons. The number of fused-ring (bicyclic) bond motifs is 1. The minimum Gasteiger partial charge on any atom is -0.491 e. The summed E-state index contributed by atoms with van der Waals surface area (Å²) in [6.07, 6.45) is 1.89. The van der Waals surface area contributed by atoms with Crippen molar-refractivity contribution >= 4 is 22.7 Å². The van der Waals surface area contributed by atoms with E-state index in [0.717, 1.165) is 23.7 Å². The molecule has 0 aliphatic carbocycles. The molecule has 4 rings (SSSR count). The molecular formula is C21H25N3O4. The van der Waals surface area contributed by atoms with Crippen molar-refractivity contribution in [3.8, 4) is 0 Å². The van der Waals surface area contributed by atoms with E-state index in [2.05, 4.69) is 10.3 Å². The molecule has 1 fully saturated rings. The minimum atomic E-state index is -0.123. The maximum absolute atomic E-state index is 12.7. The van der Waals surface area contributed by atoms with Crippen molar-refractivity contribution in [3.05, 3.63) is 47.5 Å². The number of nitrogens with one attached hydrogen (secondary N) is 2. The van der Waals surface area contributed by atoms with Gasteiger partial charge in [0.15, 0.2) is 0 Å². The Bertz CT molecular complexity index is 884. The molecule has 28 heavy (non-hydrogen) atoms. The van der Waals surface area contributed by atoms with Crippen LogP contribution in [0, 0.1) is 5.92 Å². The van der Waals surface area contributed by atoms with E-state index in [0.29, 0.717) is 50.1 Å². The van der Waals surface area contributed by atoms with Crippen molar-refractivity contribution in [1.29, 1.82) is 0 Å². The second kappa shape index (κ2) is 7.96. The number of para-hydroxylation sites is 1. The quantitative estimate of drug-likeness (QED) is 0.849. The first kappa shape index (κ1) is 18.4. The fourth-order valence-corrected chi connectivity index (χ4v) is 3.81. The topological polar surface area (TPSA) is 83.7 Å². The molecule has 0 bridgehead atoms. The number of likely N-dealkylation sites (tertiary alicyclic amines) is 1. The summed E-state index contributed by atoms with van der Waals surface area (Å²) in [6, 6.07) is 9.67. The van der Waals surface area contributed by atoms with Gasteiger partial charge < -0.3 is 24.7 Å². The van der Waals surface area contributed by atoms with E-state index in [1.807, 2.05) is 30.3 Å². The molecule has 7 nitrogen and oxygen atoms in total. The number of nitrogens with zero attached hydrogens (tertiary/aromatic N) is 1. The summed E-state index contributed by atoms with van der Waals surface area (Å²) >= 11 is 0. The highest BCUT2D eigenvalue weighted by Crippen LogP contribution is 2.21. The zero-order valence-electron chi connectivity index (χ0n) is 16.0. The predicted octanol–water partition coefficient (Wildman–Crippen LogP) is 2.41. The lowest BCUT2D eigenvalue weighted by atomic mass is 9.97. The third-order valence-corrected chi connectivity index (χ3v) is 5.29. The Labute approximate surface area is 163 Å². The van der Waals surface area contributed by atoms with E-state index in [9.17, 15) is 9.59 Å². The first-order valence-electron chi connectivity index (χ1n) is 9.73. The smallest absolute Gasteiger partial charge is 0.292 e. The molecule has 0 saturated carbocycles. The summed E-state index contributed by atoms with van der Waals surface area (Å²) in [4.78, 5) is 30.2. The summed E-state index contributed by atoms with van der Waals surface area (Å²) in [5.41, 5.74) is 1.50. The number of carbonyl (C=O) groups excluding carboxylic acids is 2. The second-order valence-electron chi connectivity index (χ2n) is 7.32. The average Bonchev–Trinajstić information content (AvgIpc) is 3.16. The fourth-order valence-electron chi connectivity index (χ4n) is 3.81. The highest BCUT2D eigenvalue weighted by Gasteiger charge is 2.29. The van der Waals surface area contributed by atoms with Crippen molar-refractivity contribution in [2.24, 2.45) is 5.92 Å². The van der Waals surface area contributed by atoms with Crippen molar-refractivity contribution in [2.75, 3.05) is 32.8 Å². The number of amides is 2. The number of aromatic nitrogens is 1. The highest BCUT2D eigenvalue weighted by molar-refractivity contribution is 5.98. The van der Waals surface area contributed by atoms with Crippen molar-refractivity contribution in [3.63, 3.8) is 0 Å². The molecule has 1 aromatic heterocycles. The fraction of sp³-hybridized carbons (Fsp3) is 0.429. The molecule has 2 aliphatic heterocycles. The van der Waals surface area contributed by atoms with Crippen LogP contribution < -0.4 is 5.32 Å². The van der Waals surface area contributed by atoms with Gasteiger partial charge in [-0.2, -0.15) is 0 Å². The Morgan fingerprint density at radius 3 is 2.89 bits per heavy atom. The number of rotatable bonds is 4. The lowest BCUT2D eigenvalue weighted by Crippen LogP contribution is -2.45. The highest BCUT2D eigenvalue weighted by atomic mass is 16.6. The summed E-state index contributed by atoms with van der Waals surface area (Å²) in [5.74, 6) is 0.835. The summed E-state index contributed by atoms with van der Waals surface area (Å²) in [5, 5.41) is 4.02. The molecule has 1 aromatic carbocycles. The number of benzene rings is 1. The van der Waals surface area contributed by atoms with E-state index in [4.69, 9.17) is 9.47 Å². The molecule has 3 heterocycles. The van der Waals surface area contributed by atoms with Crippen LogP contribution in [-0.2, 0) is 14.3 Å². The van der Waals surface area contributed by atoms with Crippen molar-refractivity contribution < 1.29 is 19.1 Å². The molecule has 2 amide bonds. The van der Waals surface area contributed by atoms with Gasteiger partial charge in [0.25, 0.3) is 11.8 Å². The van der Waals surface area contributed by atoms with Crippen molar-refractivity contribution in [2.45, 2.75) is 19.8 Å². The number of hydrogen-bond donors (Lipinski definition) is 2. The number of ether oxygens (including phenoxy) is 2. The molecule has 148 valence electrons. The van der Waals surface area contributed by atoms with E-state index in [1.165, 1.54) is 0 Å². The van der Waals surface area contributed by atoms with Crippen LogP contribution in [0.4, 0.5) is 0 Å². The Hall–Kier alpha value is -2.96. The van der Waals surface area contributed by atoms with E-state index < -0.39 is 0 Å². The Morgan fingerprint density at radius 1 is 1.25 bits per heavy atom. The molecular weight excluding hydrogens is 358 g/mol. The van der Waals surface area contributed by atoms with Gasteiger partial charge in [-0.25, -0.2) is 0 Å². The second-order valence-corrected chi connectivity index (χ2v) is 7.32. The zero-order chi connectivity index (χ0) is 19.5. The van der Waals surface area contributed by atoms with Crippen LogP contribution in [-0.4, -0.2) is 54.5 Å². The van der Waals surface area contributed by atoms with Gasteiger partial charge in [0.2, 0.25) is 5.76 Å². The molecule has 2 aliphatic rings. The Balaban J connectivity index is 1.34. The van der Waals surface area contributed by atoms with Gasteiger partial charge >= 0.3 is 0 Å². The van der Waals surface area contributed by atoms with Gasteiger partial charge in [-0.3, -0.25) is 9.59 Å². The van der Waals surface area contributed by atoms with E-state index in [1.54, 1.807) is 11.8 Å². The normalized spacial score (nSPS) is 19.9. The first-order chi connectivity index (χ1) is 13.6. The molecule has 2 N–H and O–H groups in total. The largest absolute Gasteiger partial charge is 0.491 e. The Morgan fingerprint density at radius 2 is 2.07 bits per heavy atom. The lowest BCUT2D eigenvalue weighted by molar-refractivity contribution is -0.134. The third-order valence-electron chi connectivity index (χ3n) is 5.29. The summed E-state index contributed by atoms with van der Waals surface area (Å²) in [7, 11) is 0. The number of aromatic amines is 1. The molecule has 0 spiro atoms. The van der Waals surface area contributed by atoms with E-state index in [-0.39, 0.29) is 17.7 Å². The number of piperidine rings is 1. The molecule has 2 aromatic rings. The maximum atomic E-state index is 12.7. The van der Waals surface area contributed by atoms with Gasteiger partial charge in [-0.15, -0.1) is 0 Å². The monoisotopic (exact) mass is 383 g/mol. The molecule has 1 atom stereocenters. The number of H-pyrrole nitrogens is 1. The molecule has 7 heteroatoms. The van der Waals surface area contributed by atoms with Crippen LogP contribution in [0.2, 0.25) is 0 Å². The Kier molecular flexibility index (Phi) is 5.23. The number of hydrogen-bond acceptors (Lipinski definition) is 4. The van der Waals surface area contributed by atoms with Crippen LogP contribution in [0.15, 0.2) is 41.9 Å². The standard InChI is InChI=1S/C21H25N3O4/c1-14-19(28-10-9-27-14)21(26)24-8-4-5-15(13-24)12-22-20(25)18-11-16-6-2-3-7-17(16)23-18/h2-3,6-7,11,15,23H,4-5,8-10,12-13H2,1H3,(H,22,25)/t15-/m0/s1. The lowest BCUT2D eigenvalue weighted by Gasteiger charge is -2.34. The van der Waals surface area contributed by atoms with Crippen LogP contribution in [0.3, 0.4) is 0 Å². The van der Waals surface area contributed by atoms with Crippen LogP contribution in [0.5, 0.6) is 0 Å². The summed E-state index contributed by atoms with van der Waals surface area (Å²) < 4.78 is 10.9. The maximum Gasteiger partial charge on any atom is 0.292 e. The first-order valence-corrected chi connectivity index (χ1v) is 9.73. The SMILES string of the molecule is CC1=C(C(=O)N2CCC[C@@H](CNC(=O)c3cc4ccccc4[nH]3)C2)OCCO1. The molecule has 1 saturated heterocycles. The number of allylic oxidation sites excluding steroid dienone is 1. The third kappa shape index (κ3) is 3.83. The van der Waals surface area contributed by atoms with Gasteiger partial charge in [0.05, 0.1) is 0 Å². The number of carbonyl (C=O) groups is 2. The minimum absolute atomic E-state index is 0.121. The predicted molar refractivity (Wildman–Crippen MR) is 105 cm³/mol. The van der Waals surface area contributed by atoms with Gasteiger partial charge in [-0.1, -0.05) is 18.2 Å². The van der Waals surface area contributed by atoms with Crippen LogP contribution >= 0.6 is 0 Å². The summed E-state index contributed by atoms with van der Waals surface area (Å²) in [6.45, 7) is 4.47. The van der Waals surface area contributed by atoms with Crippen LogP contribution in [0.1, 0.15) is 30.3 Å². The molecule has 0 unspecified atom stereocenters. The van der Waals surface area contributed by atoms with Crippen LogP contribution in [0.25, 0.3) is 10.9 Å². The van der Waals surface area contributed by atoms with Gasteiger partial charge in [-0.05, 0) is 37.8 Å². The van der Waals surface area contributed by atoms with Gasteiger partial charge in [0, 0.05) is 30.5 Å². The van der Waals surface area contributed by atoms with Crippen molar-refractivity contribution in [1.82, 2.24) is 15.2 Å². The van der Waals surface area contributed by atoms with Gasteiger partial charge in [0.1, 0.15) is 24.7 Å². The average molecular weight is 383 g/mol. The zero-order valence-corrected chi connectivity index (χ0v) is 16.0. The van der Waals surface area contributed by atoms with E-state index >= 15 is 0 Å².